The van der Waals surface area contributed by atoms with Gasteiger partial charge in [0.1, 0.15) is 0 Å². The number of hydrogen-bond donors (Lipinski definition) is 0. The van der Waals surface area contributed by atoms with Crippen LogP contribution in [0.3, 0.4) is 0 Å². The van der Waals surface area contributed by atoms with Crippen LogP contribution in [0.1, 0.15) is 28.8 Å². The summed E-state index contributed by atoms with van der Waals surface area (Å²) in [5.74, 6) is -0.392. The molecule has 1 aromatic heterocycles. The Morgan fingerprint density at radius 3 is 3.00 bits per heavy atom. The molecule has 0 N–H and O–H groups in total. The number of aromatic nitrogens is 1. The predicted molar refractivity (Wildman–Crippen MR) is 86.7 cm³/mol. The van der Waals surface area contributed by atoms with Crippen LogP contribution in [-0.4, -0.2) is 21.8 Å². The van der Waals surface area contributed by atoms with Gasteiger partial charge in [0.15, 0.2) is 0 Å². The number of hydrogen-bond acceptors (Lipinski definition) is 2. The van der Waals surface area contributed by atoms with Gasteiger partial charge in [0, 0.05) is 22.6 Å². The Balaban J connectivity index is 1.94. The van der Waals surface area contributed by atoms with Gasteiger partial charge in [0.2, 0.25) is 5.78 Å². The Bertz CT molecular complexity index is 872. The second-order valence-corrected chi connectivity index (χ2v) is 6.62. The quantitative estimate of drug-likeness (QED) is 0.484. The third-order valence-electron chi connectivity index (χ3n) is 5.01. The lowest BCUT2D eigenvalue weighted by molar-refractivity contribution is -0.117. The zero-order valence-corrected chi connectivity index (χ0v) is 13.1. The first kappa shape index (κ1) is 14.3. The molecule has 1 saturated carbocycles. The molecule has 0 aliphatic heterocycles. The number of halogens is 1. The molecule has 0 saturated heterocycles. The number of nitrogens with zero attached hydrogens (tertiary/aromatic N) is 3. The van der Waals surface area contributed by atoms with E-state index in [-0.39, 0.29) is 11.7 Å². The Morgan fingerprint density at radius 1 is 1.35 bits per heavy atom. The zero-order chi connectivity index (χ0) is 16.0. The van der Waals surface area contributed by atoms with Crippen molar-refractivity contribution in [2.45, 2.75) is 24.7 Å². The maximum atomic E-state index is 12.3. The van der Waals surface area contributed by atoms with Gasteiger partial charge in [-0.05, 0) is 54.2 Å². The molecule has 2 aromatic rings. The molecule has 114 valence electrons. The number of benzene rings is 1. The maximum Gasteiger partial charge on any atom is 0.323 e. The average molecular weight is 324 g/mol. The van der Waals surface area contributed by atoms with Gasteiger partial charge in [-0.15, -0.1) is 0 Å². The number of aryl methyl sites for hydroxylation is 2. The van der Waals surface area contributed by atoms with Crippen LogP contribution in [0.25, 0.3) is 5.53 Å². The summed E-state index contributed by atoms with van der Waals surface area (Å²) in [6.45, 7) is 0. The van der Waals surface area contributed by atoms with Crippen molar-refractivity contribution in [3.63, 3.8) is 0 Å². The van der Waals surface area contributed by atoms with E-state index < -0.39 is 5.41 Å². The average Bonchev–Trinajstić information content (AvgIpc) is 3.31. The van der Waals surface area contributed by atoms with Crippen molar-refractivity contribution < 1.29 is 9.58 Å². The predicted octanol–water partition coefficient (Wildman–Crippen LogP) is 3.01. The monoisotopic (exact) mass is 323 g/mol. The van der Waals surface area contributed by atoms with Crippen LogP contribution >= 0.6 is 11.6 Å². The summed E-state index contributed by atoms with van der Waals surface area (Å²) in [7, 11) is 0. The van der Waals surface area contributed by atoms with E-state index in [9.17, 15) is 4.79 Å². The number of ketones is 1. The van der Waals surface area contributed by atoms with E-state index in [0.717, 1.165) is 30.3 Å². The SMILES string of the molecule is [N-]=[N+]=CC(=O)[C@H]1C[C@@]12c1ccc(Cl)cc1CCc1cccnc12. The molecule has 1 aromatic carbocycles. The molecule has 23 heavy (non-hydrogen) atoms. The van der Waals surface area contributed by atoms with Gasteiger partial charge in [-0.1, -0.05) is 23.7 Å². The third kappa shape index (κ3) is 2.07. The van der Waals surface area contributed by atoms with Gasteiger partial charge in [0.05, 0.1) is 5.69 Å². The molecule has 1 spiro atoms. The van der Waals surface area contributed by atoms with E-state index in [0.29, 0.717) is 11.4 Å². The highest BCUT2D eigenvalue weighted by molar-refractivity contribution is 6.30. The Hall–Kier alpha value is -2.29. The summed E-state index contributed by atoms with van der Waals surface area (Å²) in [6, 6.07) is 9.90. The molecule has 4 rings (SSSR count). The van der Waals surface area contributed by atoms with Crippen molar-refractivity contribution in [3.05, 3.63) is 69.5 Å². The maximum absolute atomic E-state index is 12.3. The van der Waals surface area contributed by atoms with Crippen molar-refractivity contribution in [1.82, 2.24) is 4.98 Å². The van der Waals surface area contributed by atoms with E-state index in [1.54, 1.807) is 6.20 Å². The highest BCUT2D eigenvalue weighted by Gasteiger charge is 2.63. The summed E-state index contributed by atoms with van der Waals surface area (Å²) in [5, 5.41) is 0.707. The van der Waals surface area contributed by atoms with Crippen molar-refractivity contribution in [2.24, 2.45) is 5.92 Å². The lowest BCUT2D eigenvalue weighted by atomic mass is 9.85. The summed E-state index contributed by atoms with van der Waals surface area (Å²) in [5.41, 5.74) is 12.7. The van der Waals surface area contributed by atoms with Gasteiger partial charge in [-0.25, -0.2) is 0 Å². The molecule has 1 fully saturated rings. The number of fused-ring (bicyclic) bond motifs is 4. The Kier molecular flexibility index (Phi) is 3.19. The van der Waals surface area contributed by atoms with Crippen LogP contribution < -0.4 is 0 Å². The second kappa shape index (κ2) is 5.12. The highest BCUT2D eigenvalue weighted by Crippen LogP contribution is 2.61. The van der Waals surface area contributed by atoms with Gasteiger partial charge in [-0.2, -0.15) is 4.79 Å². The van der Waals surface area contributed by atoms with E-state index >= 15 is 0 Å². The first-order valence-electron chi connectivity index (χ1n) is 7.61. The first-order chi connectivity index (χ1) is 11.2. The summed E-state index contributed by atoms with van der Waals surface area (Å²) < 4.78 is 0. The fraction of sp³-hybridized carbons (Fsp3) is 0.278. The summed E-state index contributed by atoms with van der Waals surface area (Å²) in [6.07, 6.45) is 5.24. The van der Waals surface area contributed by atoms with Gasteiger partial charge >= 0.3 is 6.21 Å². The molecule has 2 aliphatic rings. The summed E-state index contributed by atoms with van der Waals surface area (Å²) >= 11 is 6.17. The fourth-order valence-corrected chi connectivity index (χ4v) is 4.15. The van der Waals surface area contributed by atoms with Gasteiger partial charge < -0.3 is 5.53 Å². The lowest BCUT2D eigenvalue weighted by Gasteiger charge is -2.19. The normalized spacial score (nSPS) is 24.1. The molecule has 5 heteroatoms. The van der Waals surface area contributed by atoms with Crippen LogP contribution in [0, 0.1) is 5.92 Å². The minimum Gasteiger partial charge on any atom is -0.361 e. The Morgan fingerprint density at radius 2 is 2.17 bits per heavy atom. The van der Waals surface area contributed by atoms with Crippen molar-refractivity contribution in [1.29, 1.82) is 0 Å². The van der Waals surface area contributed by atoms with Crippen molar-refractivity contribution in [3.8, 4) is 0 Å². The lowest BCUT2D eigenvalue weighted by Crippen LogP contribution is -2.20. The minimum atomic E-state index is -0.411. The zero-order valence-electron chi connectivity index (χ0n) is 12.4. The highest BCUT2D eigenvalue weighted by atomic mass is 35.5. The van der Waals surface area contributed by atoms with Crippen LogP contribution in [0.5, 0.6) is 0 Å². The smallest absolute Gasteiger partial charge is 0.323 e. The van der Waals surface area contributed by atoms with Crippen LogP contribution in [0.15, 0.2) is 36.5 Å². The minimum absolute atomic E-state index is 0.160. The molecule has 2 atom stereocenters. The van der Waals surface area contributed by atoms with E-state index in [1.807, 2.05) is 24.3 Å². The largest absolute Gasteiger partial charge is 0.361 e. The molecule has 4 nitrogen and oxygen atoms in total. The molecule has 2 aliphatic carbocycles. The molecule has 0 amide bonds. The van der Waals surface area contributed by atoms with Crippen molar-refractivity contribution >= 4 is 23.6 Å². The molecular formula is C18H14ClN3O. The van der Waals surface area contributed by atoms with E-state index in [4.69, 9.17) is 17.1 Å². The van der Waals surface area contributed by atoms with Gasteiger partial charge in [-0.3, -0.25) is 9.78 Å². The first-order valence-corrected chi connectivity index (χ1v) is 7.99. The Labute approximate surface area is 138 Å². The molecule has 0 radical (unpaired) electrons. The molecule has 0 bridgehead atoms. The van der Waals surface area contributed by atoms with Gasteiger partial charge in [0.25, 0.3) is 0 Å². The van der Waals surface area contributed by atoms with E-state index in [2.05, 4.69) is 15.8 Å². The fourth-order valence-electron chi connectivity index (χ4n) is 3.96. The standard InChI is InChI=1S/C18H14ClN3O/c19-13-5-6-14-12(8-13)4-3-11-2-1-7-21-17(11)18(14)9-15(18)16(23)10-22-20/h1-2,5-8,10,15H,3-4,9H2/t15-,18-/m1/s1. The molecule has 0 unspecified atom stereocenters. The number of carbonyl (C=O) groups excluding carboxylic acids is 1. The van der Waals surface area contributed by atoms with Crippen LogP contribution in [0.2, 0.25) is 5.02 Å². The number of rotatable bonds is 2. The molecule has 1 heterocycles. The topological polar surface area (TPSA) is 66.4 Å². The van der Waals surface area contributed by atoms with Crippen LogP contribution in [-0.2, 0) is 23.1 Å². The number of pyridine rings is 1. The second-order valence-electron chi connectivity index (χ2n) is 6.19. The number of carbonyl (C=O) groups is 1. The van der Waals surface area contributed by atoms with E-state index in [1.165, 1.54) is 11.1 Å². The molecular weight excluding hydrogens is 310 g/mol. The number of Topliss-reactive ketones (excluding diaryl/α,β-unsaturated/α-hetero) is 1. The third-order valence-corrected chi connectivity index (χ3v) is 5.25. The summed E-state index contributed by atoms with van der Waals surface area (Å²) in [4.78, 5) is 19.8. The van der Waals surface area contributed by atoms with Crippen molar-refractivity contribution in [2.75, 3.05) is 0 Å². The van der Waals surface area contributed by atoms with Crippen LogP contribution in [0.4, 0.5) is 0 Å².